The van der Waals surface area contributed by atoms with Crippen molar-refractivity contribution in [2.45, 2.75) is 19.9 Å². The minimum absolute atomic E-state index is 0.235. The van der Waals surface area contributed by atoms with Crippen LogP contribution in [0.4, 0.5) is 0 Å². The minimum atomic E-state index is -0.917. The topological polar surface area (TPSA) is 66.4 Å². The molecule has 0 aromatic heterocycles. The quantitative estimate of drug-likeness (QED) is 0.413. The number of benzene rings is 1. The molecule has 0 radical (unpaired) electrons. The van der Waals surface area contributed by atoms with E-state index in [4.69, 9.17) is 5.11 Å². The predicted molar refractivity (Wildman–Crippen MR) is 98.3 cm³/mol. The molecular formula is C12H12I3NO3. The number of carbonyl (C=O) groups excluding carboxylic acids is 1. The Bertz CT molecular complexity index is 519. The number of carboxylic acids is 1. The third kappa shape index (κ3) is 4.69. The lowest BCUT2D eigenvalue weighted by atomic mass is 10.0. The summed E-state index contributed by atoms with van der Waals surface area (Å²) < 4.78 is 2.87. The SMILES string of the molecule is CC(NC(=O)c1cc(I)cc(I)c1I)C(C)C(=O)O. The molecule has 2 atom stereocenters. The Morgan fingerprint density at radius 3 is 2.32 bits per heavy atom. The number of aliphatic carboxylic acids is 1. The number of carboxylic acid groups (broad SMARTS) is 1. The van der Waals surface area contributed by atoms with Crippen molar-refractivity contribution in [1.29, 1.82) is 0 Å². The summed E-state index contributed by atoms with van der Waals surface area (Å²) >= 11 is 6.46. The van der Waals surface area contributed by atoms with Crippen LogP contribution in [-0.2, 0) is 4.79 Å². The Labute approximate surface area is 152 Å². The zero-order valence-electron chi connectivity index (χ0n) is 10.2. The van der Waals surface area contributed by atoms with Crippen LogP contribution in [0.1, 0.15) is 24.2 Å². The summed E-state index contributed by atoms with van der Waals surface area (Å²) in [5, 5.41) is 11.7. The van der Waals surface area contributed by atoms with E-state index in [9.17, 15) is 9.59 Å². The normalized spacial score (nSPS) is 13.7. The first-order valence-corrected chi connectivity index (χ1v) is 8.66. The van der Waals surface area contributed by atoms with E-state index in [1.165, 1.54) is 0 Å². The summed E-state index contributed by atoms with van der Waals surface area (Å²) in [6.07, 6.45) is 0. The van der Waals surface area contributed by atoms with Gasteiger partial charge in [-0.05, 0) is 93.8 Å². The third-order valence-electron chi connectivity index (χ3n) is 2.74. The average Bonchev–Trinajstić information content (AvgIpc) is 2.32. The van der Waals surface area contributed by atoms with E-state index in [-0.39, 0.29) is 5.91 Å². The molecule has 7 heteroatoms. The Balaban J connectivity index is 2.93. The summed E-state index contributed by atoms with van der Waals surface area (Å²) in [7, 11) is 0. The fourth-order valence-corrected chi connectivity index (χ4v) is 3.75. The van der Waals surface area contributed by atoms with E-state index >= 15 is 0 Å². The van der Waals surface area contributed by atoms with Crippen LogP contribution in [0.5, 0.6) is 0 Å². The van der Waals surface area contributed by atoms with Crippen LogP contribution in [0.2, 0.25) is 0 Å². The van der Waals surface area contributed by atoms with Gasteiger partial charge in [0.2, 0.25) is 0 Å². The van der Waals surface area contributed by atoms with Gasteiger partial charge in [-0.25, -0.2) is 0 Å². The van der Waals surface area contributed by atoms with Gasteiger partial charge in [0, 0.05) is 16.8 Å². The Morgan fingerprint density at radius 2 is 1.79 bits per heavy atom. The van der Waals surface area contributed by atoms with Crippen LogP contribution < -0.4 is 5.32 Å². The maximum atomic E-state index is 12.2. The first-order valence-electron chi connectivity index (χ1n) is 5.42. The average molecular weight is 599 g/mol. The minimum Gasteiger partial charge on any atom is -0.481 e. The lowest BCUT2D eigenvalue weighted by Crippen LogP contribution is -2.40. The van der Waals surface area contributed by atoms with Crippen LogP contribution in [0.3, 0.4) is 0 Å². The summed E-state index contributed by atoms with van der Waals surface area (Å²) in [5.41, 5.74) is 0.585. The number of halogens is 3. The lowest BCUT2D eigenvalue weighted by molar-refractivity contribution is -0.141. The summed E-state index contributed by atoms with van der Waals surface area (Å²) in [6.45, 7) is 3.28. The predicted octanol–water partition coefficient (Wildman–Crippen LogP) is 3.34. The number of hydrogen-bond donors (Lipinski definition) is 2. The highest BCUT2D eigenvalue weighted by molar-refractivity contribution is 14.1. The number of rotatable bonds is 4. The van der Waals surface area contributed by atoms with Crippen molar-refractivity contribution < 1.29 is 14.7 Å². The zero-order chi connectivity index (χ0) is 14.7. The Morgan fingerprint density at radius 1 is 1.21 bits per heavy atom. The van der Waals surface area contributed by atoms with Crippen LogP contribution in [0.25, 0.3) is 0 Å². The maximum Gasteiger partial charge on any atom is 0.308 e. The van der Waals surface area contributed by atoms with Crippen molar-refractivity contribution in [2.75, 3.05) is 0 Å². The molecule has 0 spiro atoms. The van der Waals surface area contributed by atoms with Gasteiger partial charge in [0.25, 0.3) is 5.91 Å². The monoisotopic (exact) mass is 599 g/mol. The van der Waals surface area contributed by atoms with Gasteiger partial charge in [-0.2, -0.15) is 0 Å². The van der Waals surface area contributed by atoms with Gasteiger partial charge >= 0.3 is 5.97 Å². The second kappa shape index (κ2) is 7.38. The van der Waals surface area contributed by atoms with E-state index in [1.54, 1.807) is 19.9 Å². The third-order valence-corrected chi connectivity index (χ3v) is 6.40. The van der Waals surface area contributed by atoms with Crippen molar-refractivity contribution in [3.05, 3.63) is 28.4 Å². The standard InChI is InChI=1S/C12H12I3NO3/c1-5(12(18)19)6(2)16-11(17)8-3-7(13)4-9(14)10(8)15/h3-6H,1-2H3,(H,16,17)(H,18,19). The van der Waals surface area contributed by atoms with Crippen molar-refractivity contribution in [1.82, 2.24) is 5.32 Å². The smallest absolute Gasteiger partial charge is 0.308 e. The van der Waals surface area contributed by atoms with Crippen LogP contribution in [0.15, 0.2) is 12.1 Å². The maximum absolute atomic E-state index is 12.2. The molecule has 0 aliphatic heterocycles. The van der Waals surface area contributed by atoms with Crippen LogP contribution in [0, 0.1) is 16.6 Å². The molecule has 2 N–H and O–H groups in total. The van der Waals surface area contributed by atoms with E-state index in [0.29, 0.717) is 5.56 Å². The number of nitrogens with one attached hydrogen (secondary N) is 1. The summed E-state index contributed by atoms with van der Waals surface area (Å²) in [5.74, 6) is -1.77. The fourth-order valence-electron chi connectivity index (χ4n) is 1.34. The molecular weight excluding hydrogens is 587 g/mol. The van der Waals surface area contributed by atoms with Crippen molar-refractivity contribution in [3.63, 3.8) is 0 Å². The molecule has 2 unspecified atom stereocenters. The van der Waals surface area contributed by atoms with Crippen LogP contribution >= 0.6 is 67.8 Å². The van der Waals surface area contributed by atoms with Gasteiger partial charge in [-0.15, -0.1) is 0 Å². The van der Waals surface area contributed by atoms with Gasteiger partial charge in [-0.1, -0.05) is 0 Å². The van der Waals surface area contributed by atoms with E-state index < -0.39 is 17.9 Å². The fraction of sp³-hybridized carbons (Fsp3) is 0.333. The molecule has 1 aromatic carbocycles. The molecule has 104 valence electrons. The Hall–Kier alpha value is 0.350. The summed E-state index contributed by atoms with van der Waals surface area (Å²) in [4.78, 5) is 23.1. The molecule has 0 saturated heterocycles. The van der Waals surface area contributed by atoms with E-state index in [2.05, 4.69) is 73.1 Å². The molecule has 0 saturated carbocycles. The number of hydrogen-bond acceptors (Lipinski definition) is 2. The highest BCUT2D eigenvalue weighted by Gasteiger charge is 2.22. The first kappa shape index (κ1) is 17.4. The van der Waals surface area contributed by atoms with Gasteiger partial charge in [0.1, 0.15) is 0 Å². The van der Waals surface area contributed by atoms with Crippen molar-refractivity contribution >= 4 is 79.6 Å². The molecule has 0 heterocycles. The highest BCUT2D eigenvalue weighted by Crippen LogP contribution is 2.23. The molecule has 0 aliphatic carbocycles. The molecule has 4 nitrogen and oxygen atoms in total. The second-order valence-electron chi connectivity index (χ2n) is 4.14. The second-order valence-corrected chi connectivity index (χ2v) is 7.62. The molecule has 1 aromatic rings. The largest absolute Gasteiger partial charge is 0.481 e. The molecule has 0 aliphatic rings. The van der Waals surface area contributed by atoms with E-state index in [1.807, 2.05) is 6.07 Å². The molecule has 0 bridgehead atoms. The summed E-state index contributed by atoms with van der Waals surface area (Å²) in [6, 6.07) is 3.37. The molecule has 1 rings (SSSR count). The van der Waals surface area contributed by atoms with Crippen molar-refractivity contribution in [2.24, 2.45) is 5.92 Å². The lowest BCUT2D eigenvalue weighted by Gasteiger charge is -2.18. The van der Waals surface area contributed by atoms with Crippen molar-refractivity contribution in [3.8, 4) is 0 Å². The van der Waals surface area contributed by atoms with E-state index in [0.717, 1.165) is 10.7 Å². The number of amides is 1. The molecule has 19 heavy (non-hydrogen) atoms. The van der Waals surface area contributed by atoms with Gasteiger partial charge in [0.15, 0.2) is 0 Å². The van der Waals surface area contributed by atoms with Gasteiger partial charge in [-0.3, -0.25) is 9.59 Å². The van der Waals surface area contributed by atoms with Gasteiger partial charge in [0.05, 0.1) is 11.5 Å². The van der Waals surface area contributed by atoms with Crippen LogP contribution in [-0.4, -0.2) is 23.0 Å². The zero-order valence-corrected chi connectivity index (χ0v) is 16.7. The highest BCUT2D eigenvalue weighted by atomic mass is 127. The molecule has 0 fully saturated rings. The Kier molecular flexibility index (Phi) is 6.76. The number of carbonyl (C=O) groups is 2. The first-order chi connectivity index (χ1) is 8.73. The molecule has 1 amide bonds. The van der Waals surface area contributed by atoms with Gasteiger partial charge < -0.3 is 10.4 Å².